The molecule has 0 bridgehead atoms. The van der Waals surface area contributed by atoms with Crippen LogP contribution in [0.2, 0.25) is 0 Å². The summed E-state index contributed by atoms with van der Waals surface area (Å²) in [6, 6.07) is 7.11. The fourth-order valence-corrected chi connectivity index (χ4v) is 3.30. The number of imidazole rings is 1. The van der Waals surface area contributed by atoms with Crippen LogP contribution in [0.4, 0.5) is 0 Å². The van der Waals surface area contributed by atoms with Crippen LogP contribution in [0.25, 0.3) is 11.2 Å². The normalized spacial score (nSPS) is 17.1. The van der Waals surface area contributed by atoms with Crippen LogP contribution in [0.15, 0.2) is 41.5 Å². The zero-order valence-corrected chi connectivity index (χ0v) is 15.2. The molecule has 0 amide bonds. The van der Waals surface area contributed by atoms with Crippen molar-refractivity contribution in [1.29, 1.82) is 0 Å². The van der Waals surface area contributed by atoms with E-state index in [1.807, 2.05) is 18.2 Å². The molecule has 146 valence electrons. The van der Waals surface area contributed by atoms with Crippen LogP contribution in [0.3, 0.4) is 0 Å². The zero-order valence-electron chi connectivity index (χ0n) is 15.2. The molecule has 1 N–H and O–H groups in total. The molecule has 1 aliphatic heterocycles. The van der Waals surface area contributed by atoms with Gasteiger partial charge in [0.25, 0.3) is 0 Å². The van der Waals surface area contributed by atoms with Crippen molar-refractivity contribution in [2.75, 3.05) is 19.8 Å². The lowest BCUT2D eigenvalue weighted by molar-refractivity contribution is -0.0935. The number of aromatic nitrogens is 4. The lowest BCUT2D eigenvalue weighted by Gasteiger charge is -2.23. The van der Waals surface area contributed by atoms with Crippen molar-refractivity contribution in [3.05, 3.63) is 58.4 Å². The van der Waals surface area contributed by atoms with Gasteiger partial charge in [-0.05, 0) is 18.2 Å². The maximum Gasteiger partial charge on any atom is 0.337 e. The Hall–Kier alpha value is -3.04. The monoisotopic (exact) mass is 384 g/mol. The van der Waals surface area contributed by atoms with E-state index in [2.05, 4.69) is 9.97 Å². The van der Waals surface area contributed by atoms with E-state index in [0.717, 1.165) is 5.69 Å². The maximum atomic E-state index is 13.1. The van der Waals surface area contributed by atoms with E-state index >= 15 is 0 Å². The van der Waals surface area contributed by atoms with Crippen LogP contribution in [0, 0.1) is 0 Å². The number of aromatic carboxylic acids is 1. The number of carboxylic acids is 1. The number of hydrogen-bond donors (Lipinski definition) is 1. The summed E-state index contributed by atoms with van der Waals surface area (Å²) >= 11 is 0. The predicted octanol–water partition coefficient (Wildman–Crippen LogP) is 0.949. The molecule has 28 heavy (non-hydrogen) atoms. The summed E-state index contributed by atoms with van der Waals surface area (Å²) in [4.78, 5) is 33.0. The van der Waals surface area contributed by atoms with E-state index in [1.165, 1.54) is 16.8 Å². The molecule has 3 aromatic rings. The molecule has 0 saturated carbocycles. The first-order valence-corrected chi connectivity index (χ1v) is 9.05. The Bertz CT molecular complexity index is 1040. The molecule has 4 rings (SSSR count). The SMILES string of the molecule is O=C(O)c1cnc2c(c1)n(C[C@@H]1COCCO1)c(=O)n2CCc1ccccn1. The topological polar surface area (TPSA) is 108 Å². The van der Waals surface area contributed by atoms with Gasteiger partial charge in [-0.3, -0.25) is 14.1 Å². The number of carbonyl (C=O) groups is 1. The molecule has 0 aromatic carbocycles. The Morgan fingerprint density at radius 1 is 1.25 bits per heavy atom. The van der Waals surface area contributed by atoms with Gasteiger partial charge in [-0.1, -0.05) is 6.07 Å². The van der Waals surface area contributed by atoms with Gasteiger partial charge in [-0.25, -0.2) is 14.6 Å². The van der Waals surface area contributed by atoms with Gasteiger partial charge < -0.3 is 14.6 Å². The summed E-state index contributed by atoms with van der Waals surface area (Å²) in [6.45, 7) is 2.05. The molecule has 9 heteroatoms. The molecule has 0 unspecified atom stereocenters. The van der Waals surface area contributed by atoms with Crippen molar-refractivity contribution in [3.8, 4) is 0 Å². The van der Waals surface area contributed by atoms with Crippen molar-refractivity contribution in [3.63, 3.8) is 0 Å². The Labute approximate surface area is 160 Å². The number of fused-ring (bicyclic) bond motifs is 1. The molecule has 4 heterocycles. The molecule has 1 saturated heterocycles. The first-order chi connectivity index (χ1) is 13.6. The number of ether oxygens (including phenoxy) is 2. The fraction of sp³-hybridized carbons (Fsp3) is 0.368. The molecule has 1 atom stereocenters. The first-order valence-electron chi connectivity index (χ1n) is 9.05. The van der Waals surface area contributed by atoms with E-state index < -0.39 is 5.97 Å². The van der Waals surface area contributed by atoms with E-state index in [0.29, 0.717) is 44.0 Å². The molecule has 0 radical (unpaired) electrons. The second-order valence-electron chi connectivity index (χ2n) is 6.56. The summed E-state index contributed by atoms with van der Waals surface area (Å²) < 4.78 is 14.2. The number of carboxylic acid groups (broad SMARTS) is 1. The zero-order chi connectivity index (χ0) is 19.5. The highest BCUT2D eigenvalue weighted by Gasteiger charge is 2.21. The lowest BCUT2D eigenvalue weighted by atomic mass is 10.2. The number of rotatable bonds is 6. The maximum absolute atomic E-state index is 13.1. The third-order valence-electron chi connectivity index (χ3n) is 4.69. The molecular weight excluding hydrogens is 364 g/mol. The Morgan fingerprint density at radius 3 is 2.86 bits per heavy atom. The minimum absolute atomic E-state index is 0.0314. The van der Waals surface area contributed by atoms with Crippen molar-refractivity contribution in [1.82, 2.24) is 19.1 Å². The highest BCUT2D eigenvalue weighted by molar-refractivity contribution is 5.90. The van der Waals surface area contributed by atoms with Crippen molar-refractivity contribution in [2.24, 2.45) is 0 Å². The third-order valence-corrected chi connectivity index (χ3v) is 4.69. The number of hydrogen-bond acceptors (Lipinski definition) is 6. The standard InChI is InChI=1S/C19H20N4O5/c24-18(25)13-9-16-17(21-10-13)22(6-4-14-3-1-2-5-20-14)19(26)23(16)11-15-12-27-7-8-28-15/h1-3,5,9-10,15H,4,6-8,11-12H2,(H,24,25)/t15-/m1/s1. The summed E-state index contributed by atoms with van der Waals surface area (Å²) in [5, 5.41) is 9.30. The van der Waals surface area contributed by atoms with Gasteiger partial charge in [-0.15, -0.1) is 0 Å². The average molecular weight is 384 g/mol. The second kappa shape index (κ2) is 7.91. The number of nitrogens with zero attached hydrogens (tertiary/aromatic N) is 4. The van der Waals surface area contributed by atoms with E-state index in [1.54, 1.807) is 10.8 Å². The Kier molecular flexibility index (Phi) is 5.18. The molecule has 0 aliphatic carbocycles. The van der Waals surface area contributed by atoms with Crippen LogP contribution >= 0.6 is 0 Å². The van der Waals surface area contributed by atoms with E-state index in [-0.39, 0.29) is 23.9 Å². The van der Waals surface area contributed by atoms with Gasteiger partial charge in [0.1, 0.15) is 0 Å². The van der Waals surface area contributed by atoms with Crippen LogP contribution in [-0.4, -0.2) is 56.1 Å². The Morgan fingerprint density at radius 2 is 2.14 bits per heavy atom. The molecule has 1 fully saturated rings. The minimum Gasteiger partial charge on any atom is -0.478 e. The highest BCUT2D eigenvalue weighted by atomic mass is 16.6. The largest absolute Gasteiger partial charge is 0.478 e. The Balaban J connectivity index is 1.72. The van der Waals surface area contributed by atoms with Gasteiger partial charge in [0, 0.05) is 31.1 Å². The van der Waals surface area contributed by atoms with Gasteiger partial charge in [0.15, 0.2) is 5.65 Å². The molecular formula is C19H20N4O5. The smallest absolute Gasteiger partial charge is 0.337 e. The van der Waals surface area contributed by atoms with Gasteiger partial charge in [0.2, 0.25) is 0 Å². The fourth-order valence-electron chi connectivity index (χ4n) is 3.30. The van der Waals surface area contributed by atoms with Gasteiger partial charge in [0.05, 0.1) is 43.5 Å². The molecule has 0 spiro atoms. The van der Waals surface area contributed by atoms with Crippen molar-refractivity contribution < 1.29 is 19.4 Å². The summed E-state index contributed by atoms with van der Waals surface area (Å²) in [5.74, 6) is -1.09. The molecule has 1 aliphatic rings. The van der Waals surface area contributed by atoms with Crippen LogP contribution in [0.1, 0.15) is 16.1 Å². The van der Waals surface area contributed by atoms with E-state index in [4.69, 9.17) is 9.47 Å². The first kappa shape index (κ1) is 18.3. The highest BCUT2D eigenvalue weighted by Crippen LogP contribution is 2.16. The van der Waals surface area contributed by atoms with Crippen LogP contribution in [-0.2, 0) is 29.0 Å². The molecule has 3 aromatic heterocycles. The third kappa shape index (κ3) is 3.67. The van der Waals surface area contributed by atoms with Gasteiger partial charge >= 0.3 is 11.7 Å². The number of aryl methyl sites for hydroxylation is 2. The van der Waals surface area contributed by atoms with Crippen LogP contribution in [0.5, 0.6) is 0 Å². The predicted molar refractivity (Wildman–Crippen MR) is 99.5 cm³/mol. The minimum atomic E-state index is -1.09. The molecule has 9 nitrogen and oxygen atoms in total. The quantitative estimate of drug-likeness (QED) is 0.674. The summed E-state index contributed by atoms with van der Waals surface area (Å²) in [5.41, 5.74) is 1.56. The van der Waals surface area contributed by atoms with Crippen molar-refractivity contribution in [2.45, 2.75) is 25.6 Å². The summed E-state index contributed by atoms with van der Waals surface area (Å²) in [6.07, 6.45) is 3.27. The number of pyridine rings is 2. The van der Waals surface area contributed by atoms with Gasteiger partial charge in [-0.2, -0.15) is 0 Å². The van der Waals surface area contributed by atoms with Crippen LogP contribution < -0.4 is 5.69 Å². The average Bonchev–Trinajstić information content (AvgIpc) is 2.98. The van der Waals surface area contributed by atoms with Crippen molar-refractivity contribution >= 4 is 17.1 Å². The second-order valence-corrected chi connectivity index (χ2v) is 6.56. The summed E-state index contributed by atoms with van der Waals surface area (Å²) in [7, 11) is 0. The lowest BCUT2D eigenvalue weighted by Crippen LogP contribution is -2.36. The van der Waals surface area contributed by atoms with E-state index in [9.17, 15) is 14.7 Å².